The predicted octanol–water partition coefficient (Wildman–Crippen LogP) is 18.3. The third-order valence-electron chi connectivity index (χ3n) is 12.3. The van der Waals surface area contributed by atoms with Gasteiger partial charge < -0.3 is 4.74 Å². The largest absolute Gasteiger partial charge is 0.457 e. The molecule has 0 aliphatic heterocycles. The molecule has 0 amide bonds. The van der Waals surface area contributed by atoms with E-state index < -0.39 is 28.9 Å². The van der Waals surface area contributed by atoms with Crippen LogP contribution in [0.4, 0.5) is 26.3 Å². The van der Waals surface area contributed by atoms with Gasteiger partial charge in [-0.1, -0.05) is 228 Å². The van der Waals surface area contributed by atoms with E-state index >= 15 is 0 Å². The molecular formula is C63H64F6O. The molecule has 8 rings (SSSR count). The topological polar surface area (TPSA) is 9.23 Å². The molecule has 1 nitrogen and oxygen atoms in total. The fourth-order valence-electron chi connectivity index (χ4n) is 7.69. The maximum atomic E-state index is 13.7. The van der Waals surface area contributed by atoms with Crippen LogP contribution in [0.25, 0.3) is 0 Å². The zero-order valence-corrected chi connectivity index (χ0v) is 41.9. The van der Waals surface area contributed by atoms with Crippen molar-refractivity contribution in [2.24, 2.45) is 0 Å². The van der Waals surface area contributed by atoms with Crippen molar-refractivity contribution >= 4 is 0 Å². The third-order valence-corrected chi connectivity index (χ3v) is 12.3. The lowest BCUT2D eigenvalue weighted by molar-refractivity contribution is -0.288. The van der Waals surface area contributed by atoms with Crippen LogP contribution in [-0.4, -0.2) is 12.4 Å². The lowest BCUT2D eigenvalue weighted by atomic mass is 9.72. The Morgan fingerprint density at radius 3 is 0.714 bits per heavy atom. The molecule has 0 aliphatic carbocycles. The summed E-state index contributed by atoms with van der Waals surface area (Å²) in [5, 5.41) is 0. The minimum Gasteiger partial charge on any atom is -0.457 e. The summed E-state index contributed by atoms with van der Waals surface area (Å²) in [6, 6.07) is 59.8. The standard InChI is InChI=1S/C17H14F6.C17H20.C15H16.C14H14O/c1-11-3-7-13(8-4-11)15(16(18,19)20,17(21,22)23)14-9-5-12(2)6-10-14;1-13-5-9-15(10-6-13)17(3,4)16-11-7-14(2)8-12-16;1-12-3-7-14(8-4-12)11-15-9-5-13(2)6-10-15;1-11-3-7-13(8-4-11)15-14-9-5-12(2)6-10-14/h3-10H,1-2H3;5-12H,1-4H3;3-10H,11H2,1-2H3;3-10H,1-2H3. The molecular weight excluding hydrogens is 887 g/mol. The van der Waals surface area contributed by atoms with Crippen LogP contribution in [0.3, 0.4) is 0 Å². The van der Waals surface area contributed by atoms with Crippen molar-refractivity contribution in [2.45, 2.75) is 98.8 Å². The van der Waals surface area contributed by atoms with Crippen LogP contribution >= 0.6 is 0 Å². The maximum absolute atomic E-state index is 13.7. The highest BCUT2D eigenvalue weighted by Gasteiger charge is 2.72. The summed E-state index contributed by atoms with van der Waals surface area (Å²) < 4.78 is 88.0. The van der Waals surface area contributed by atoms with E-state index in [-0.39, 0.29) is 5.41 Å². The molecule has 0 saturated heterocycles. The zero-order chi connectivity index (χ0) is 51.3. The molecule has 0 spiro atoms. The summed E-state index contributed by atoms with van der Waals surface area (Å²) in [7, 11) is 0. The Morgan fingerprint density at radius 2 is 0.486 bits per heavy atom. The summed E-state index contributed by atoms with van der Waals surface area (Å²) >= 11 is 0. The van der Waals surface area contributed by atoms with Gasteiger partial charge in [0, 0.05) is 5.41 Å². The van der Waals surface area contributed by atoms with Gasteiger partial charge in [-0.25, -0.2) is 0 Å². The number of ether oxygens (including phenoxy) is 1. The highest BCUT2D eigenvalue weighted by atomic mass is 19.4. The first kappa shape index (κ1) is 54.1. The lowest BCUT2D eigenvalue weighted by Gasteiger charge is -2.38. The average Bonchev–Trinajstić information content (AvgIpc) is 3.31. The second kappa shape index (κ2) is 23.6. The molecule has 0 unspecified atom stereocenters. The number of alkyl halides is 6. The molecule has 0 radical (unpaired) electrons. The molecule has 0 atom stereocenters. The van der Waals surface area contributed by atoms with Gasteiger partial charge in [0.05, 0.1) is 0 Å². The van der Waals surface area contributed by atoms with E-state index in [4.69, 9.17) is 4.74 Å². The SMILES string of the molecule is Cc1ccc(C(C)(C)c2ccc(C)cc2)cc1.Cc1ccc(C(c2ccc(C)cc2)(C(F)(F)F)C(F)(F)F)cc1.Cc1ccc(Cc2ccc(C)cc2)cc1.Cc1ccc(Oc2ccc(C)cc2)cc1. The van der Waals surface area contributed by atoms with Crippen molar-refractivity contribution in [2.75, 3.05) is 0 Å². The Kier molecular flexibility index (Phi) is 18.3. The first-order chi connectivity index (χ1) is 33.0. The zero-order valence-electron chi connectivity index (χ0n) is 41.9. The molecule has 0 N–H and O–H groups in total. The molecule has 8 aromatic rings. The molecule has 0 heterocycles. The van der Waals surface area contributed by atoms with Crippen molar-refractivity contribution in [3.05, 3.63) is 272 Å². The van der Waals surface area contributed by atoms with Crippen LogP contribution in [0.15, 0.2) is 194 Å². The number of aryl methyl sites for hydroxylation is 8. The first-order valence-corrected chi connectivity index (χ1v) is 23.3. The Balaban J connectivity index is 0.000000177. The quantitative estimate of drug-likeness (QED) is 0.138. The van der Waals surface area contributed by atoms with Crippen LogP contribution in [0.5, 0.6) is 11.5 Å². The molecule has 70 heavy (non-hydrogen) atoms. The highest BCUT2D eigenvalue weighted by molar-refractivity contribution is 5.46. The van der Waals surface area contributed by atoms with Gasteiger partial charge in [-0.15, -0.1) is 0 Å². The molecule has 0 saturated carbocycles. The summed E-state index contributed by atoms with van der Waals surface area (Å²) in [4.78, 5) is 0. The van der Waals surface area contributed by atoms with E-state index in [9.17, 15) is 26.3 Å². The van der Waals surface area contributed by atoms with Gasteiger partial charge in [-0.05, 0) is 119 Å². The van der Waals surface area contributed by atoms with Crippen molar-refractivity contribution in [3.63, 3.8) is 0 Å². The number of halogens is 6. The minimum absolute atomic E-state index is 0.0708. The number of rotatable bonds is 8. The van der Waals surface area contributed by atoms with E-state index in [2.05, 4.69) is 152 Å². The van der Waals surface area contributed by atoms with Gasteiger partial charge in [0.25, 0.3) is 0 Å². The average molecular weight is 951 g/mol. The normalized spacial score (nSPS) is 11.5. The van der Waals surface area contributed by atoms with Crippen LogP contribution in [0.2, 0.25) is 0 Å². The van der Waals surface area contributed by atoms with Gasteiger partial charge in [0.1, 0.15) is 11.5 Å². The summed E-state index contributed by atoms with van der Waals surface area (Å²) in [6.07, 6.45) is -10.0. The fraction of sp³-hybridized carbons (Fsp3) is 0.238. The van der Waals surface area contributed by atoms with E-state index in [0.717, 1.165) is 42.2 Å². The van der Waals surface area contributed by atoms with Crippen LogP contribution in [0.1, 0.15) is 91.7 Å². The number of benzene rings is 8. The van der Waals surface area contributed by atoms with Gasteiger partial charge in [-0.3, -0.25) is 0 Å². The van der Waals surface area contributed by atoms with Crippen molar-refractivity contribution in [3.8, 4) is 11.5 Å². The van der Waals surface area contributed by atoms with Crippen molar-refractivity contribution < 1.29 is 31.1 Å². The van der Waals surface area contributed by atoms with E-state index in [0.29, 0.717) is 11.1 Å². The third kappa shape index (κ3) is 14.6. The molecule has 0 fully saturated rings. The summed E-state index contributed by atoms with van der Waals surface area (Å²) in [5.41, 5.74) is 8.74. The van der Waals surface area contributed by atoms with E-state index in [1.165, 1.54) is 79.9 Å². The fourth-order valence-corrected chi connectivity index (χ4v) is 7.69. The second-order valence-electron chi connectivity index (χ2n) is 18.7. The lowest BCUT2D eigenvalue weighted by Crippen LogP contribution is -2.54. The molecule has 7 heteroatoms. The molecule has 0 aliphatic rings. The maximum Gasteiger partial charge on any atom is 0.411 e. The Labute approximate surface area is 411 Å². The van der Waals surface area contributed by atoms with Gasteiger partial charge in [0.15, 0.2) is 0 Å². The van der Waals surface area contributed by atoms with Crippen LogP contribution in [0, 0.1) is 55.4 Å². The van der Waals surface area contributed by atoms with Gasteiger partial charge >= 0.3 is 12.4 Å². The van der Waals surface area contributed by atoms with E-state index in [1.807, 2.05) is 48.5 Å². The Bertz CT molecular complexity index is 2520. The second-order valence-corrected chi connectivity index (χ2v) is 18.7. The van der Waals surface area contributed by atoms with Crippen LogP contribution in [-0.2, 0) is 17.3 Å². The predicted molar refractivity (Wildman–Crippen MR) is 277 cm³/mol. The Hall–Kier alpha value is -6.86. The van der Waals surface area contributed by atoms with Gasteiger partial charge in [0.2, 0.25) is 5.41 Å². The monoisotopic (exact) mass is 950 g/mol. The molecule has 0 aromatic heterocycles. The number of hydrogen-bond acceptors (Lipinski definition) is 1. The number of hydrogen-bond donors (Lipinski definition) is 0. The summed E-state index contributed by atoms with van der Waals surface area (Å²) in [6.45, 7) is 20.4. The smallest absolute Gasteiger partial charge is 0.411 e. The Morgan fingerprint density at radius 1 is 0.286 bits per heavy atom. The molecule has 364 valence electrons. The van der Waals surface area contributed by atoms with Crippen molar-refractivity contribution in [1.29, 1.82) is 0 Å². The highest BCUT2D eigenvalue weighted by Crippen LogP contribution is 2.56. The van der Waals surface area contributed by atoms with Gasteiger partial charge in [-0.2, -0.15) is 26.3 Å². The van der Waals surface area contributed by atoms with Crippen molar-refractivity contribution in [1.82, 2.24) is 0 Å². The molecule has 8 aromatic carbocycles. The minimum atomic E-state index is -5.53. The van der Waals surface area contributed by atoms with E-state index in [1.54, 1.807) is 13.8 Å². The molecule has 0 bridgehead atoms. The first-order valence-electron chi connectivity index (χ1n) is 23.3. The summed E-state index contributed by atoms with van der Waals surface area (Å²) in [5.74, 6) is 1.76. The van der Waals surface area contributed by atoms with Crippen LogP contribution < -0.4 is 4.74 Å².